The number of carboxylic acid groups (broad SMARTS) is 2. The lowest BCUT2D eigenvalue weighted by molar-refractivity contribution is -0.310. The maximum Gasteiger partial charge on any atom is 0.326 e. The van der Waals surface area contributed by atoms with E-state index in [0.717, 1.165) is 25.7 Å². The van der Waals surface area contributed by atoms with Crippen molar-refractivity contribution < 1.29 is 111 Å². The highest BCUT2D eigenvalue weighted by atomic mass is 31.3. The third-order valence-corrected chi connectivity index (χ3v) is 11.0. The molecular formula is C28H41N5O23P2-4. The van der Waals surface area contributed by atoms with E-state index in [1.807, 2.05) is 10.6 Å². The number of aliphatic hydroxyl groups excluding tert-OH is 4. The van der Waals surface area contributed by atoms with E-state index < -0.39 is 157 Å². The van der Waals surface area contributed by atoms with Gasteiger partial charge in [-0.05, 0) is 26.7 Å². The number of rotatable bonds is 20. The molecule has 3 aliphatic heterocycles. The van der Waals surface area contributed by atoms with Crippen LogP contribution in [0, 0.1) is 0 Å². The molecule has 330 valence electrons. The molecule has 0 aliphatic carbocycles. The predicted octanol–water partition coefficient (Wildman–Crippen LogP) is -9.01. The van der Waals surface area contributed by atoms with Crippen LogP contribution in [0.3, 0.4) is 0 Å². The molecular weight excluding hydrogens is 836 g/mol. The number of phosphoric ester groups is 2. The van der Waals surface area contributed by atoms with E-state index in [-0.39, 0.29) is 13.0 Å². The van der Waals surface area contributed by atoms with Gasteiger partial charge in [-0.1, -0.05) is 0 Å². The second kappa shape index (κ2) is 20.5. The number of hydrogen-bond acceptors (Lipinski definition) is 23. The molecule has 3 heterocycles. The average Bonchev–Trinajstić information content (AvgIpc) is 3.39. The monoisotopic (exact) mass is 877 g/mol. The second-order valence-electron chi connectivity index (χ2n) is 12.9. The molecule has 3 rings (SSSR count). The van der Waals surface area contributed by atoms with Crippen LogP contribution in [-0.2, 0) is 65.5 Å². The topological polar surface area (TPSA) is 434 Å². The van der Waals surface area contributed by atoms with Gasteiger partial charge in [-0.25, -0.2) is 9.11 Å². The van der Waals surface area contributed by atoms with Crippen LogP contribution in [0.5, 0.6) is 0 Å². The van der Waals surface area contributed by atoms with Crippen LogP contribution in [0.2, 0.25) is 0 Å². The zero-order valence-corrected chi connectivity index (χ0v) is 32.3. The smallest absolute Gasteiger partial charge is 0.326 e. The highest BCUT2D eigenvalue weighted by molar-refractivity contribution is 7.59. The van der Waals surface area contributed by atoms with Crippen molar-refractivity contribution in [2.24, 2.45) is 0 Å². The Hall–Kier alpha value is -3.73. The van der Waals surface area contributed by atoms with Gasteiger partial charge in [0.2, 0.25) is 23.6 Å². The number of nitrogens with zero attached hydrogens (tertiary/aromatic N) is 1. The van der Waals surface area contributed by atoms with E-state index >= 15 is 0 Å². The van der Waals surface area contributed by atoms with Gasteiger partial charge in [-0.2, -0.15) is 0 Å². The predicted molar refractivity (Wildman–Crippen MR) is 171 cm³/mol. The summed E-state index contributed by atoms with van der Waals surface area (Å²) in [5.41, 5.74) is 0. The summed E-state index contributed by atoms with van der Waals surface area (Å²) in [6.07, 6.45) is -18.4. The molecule has 58 heavy (non-hydrogen) atoms. The molecule has 3 aliphatic rings. The van der Waals surface area contributed by atoms with Crippen LogP contribution >= 0.6 is 15.6 Å². The number of carbonyl (C=O) groups is 7. The summed E-state index contributed by atoms with van der Waals surface area (Å²) in [6.45, 7) is 0.489. The lowest BCUT2D eigenvalue weighted by Gasteiger charge is -2.46. The SMILES string of the molecule is CC(=O)N[C@H]1[C@@H](OP(=O)([O-])OP(=O)([O-])OC[C@H]2O[C@@H](N3CCC(=O)NC3=O)[C@H](O)[C@@H]2O)O[C@H](CO)[C@@H](O)[C@@H]1O[C@H](C)C(=O)N[C@@H](C)C(=O)N[C@H](CCC(=O)[O-])C(=O)[O-]. The van der Waals surface area contributed by atoms with E-state index in [9.17, 15) is 83.1 Å². The van der Waals surface area contributed by atoms with E-state index in [2.05, 4.69) is 19.5 Å². The van der Waals surface area contributed by atoms with Gasteiger partial charge < -0.3 is 84.7 Å². The van der Waals surface area contributed by atoms with Crippen molar-refractivity contribution in [2.75, 3.05) is 19.8 Å². The first-order valence-corrected chi connectivity index (χ1v) is 19.9. The summed E-state index contributed by atoms with van der Waals surface area (Å²) >= 11 is 0. The Morgan fingerprint density at radius 1 is 0.966 bits per heavy atom. The number of amides is 6. The Morgan fingerprint density at radius 3 is 2.19 bits per heavy atom. The Kier molecular flexibility index (Phi) is 17.2. The molecule has 3 saturated heterocycles. The molecule has 30 heteroatoms. The molecule has 0 aromatic heterocycles. The van der Waals surface area contributed by atoms with Crippen molar-refractivity contribution in [3.05, 3.63) is 0 Å². The zero-order valence-electron chi connectivity index (χ0n) is 30.6. The number of imide groups is 1. The number of carbonyl (C=O) groups excluding carboxylic acids is 7. The summed E-state index contributed by atoms with van der Waals surface area (Å²) < 4.78 is 54.9. The fourth-order valence-corrected chi connectivity index (χ4v) is 7.70. The minimum atomic E-state index is -6.19. The van der Waals surface area contributed by atoms with Crippen LogP contribution in [0.4, 0.5) is 4.79 Å². The van der Waals surface area contributed by atoms with Gasteiger partial charge in [-0.15, -0.1) is 0 Å². The van der Waals surface area contributed by atoms with Gasteiger partial charge in [-0.3, -0.25) is 43.0 Å². The molecule has 0 bridgehead atoms. The van der Waals surface area contributed by atoms with Crippen LogP contribution in [0.15, 0.2) is 0 Å². The van der Waals surface area contributed by atoms with Gasteiger partial charge in [0.1, 0.15) is 54.8 Å². The first-order valence-electron chi connectivity index (χ1n) is 17.0. The fourth-order valence-electron chi connectivity index (χ4n) is 5.61. The van der Waals surface area contributed by atoms with Crippen LogP contribution in [0.25, 0.3) is 0 Å². The van der Waals surface area contributed by atoms with Crippen molar-refractivity contribution in [3.63, 3.8) is 0 Å². The van der Waals surface area contributed by atoms with E-state index in [1.54, 1.807) is 0 Å². The van der Waals surface area contributed by atoms with E-state index in [0.29, 0.717) is 0 Å². The first-order chi connectivity index (χ1) is 26.9. The molecule has 6 amide bonds. The van der Waals surface area contributed by atoms with Gasteiger partial charge in [0.15, 0.2) is 12.5 Å². The molecule has 28 nitrogen and oxygen atoms in total. The quantitative estimate of drug-likeness (QED) is 0.0526. The number of phosphoric acid groups is 2. The Bertz CT molecular complexity index is 1660. The van der Waals surface area contributed by atoms with Crippen LogP contribution < -0.4 is 41.3 Å². The third-order valence-electron chi connectivity index (χ3n) is 8.51. The summed E-state index contributed by atoms with van der Waals surface area (Å²) in [7, 11) is -12.2. The standard InChI is InChI=1S/C28H45N5O23P2/c1-10(23(42)31-13(26(44)45)4-5-17(37)38)29-24(43)11(2)52-22-18(30-12(3)35)27(54-14(8-34)20(22)40)55-58(49,50)56-57(47,48)51-9-15-19(39)21(41)25(53-15)33-7-6-16(36)32-28(33)46/h10-11,13-15,18-22,25,27,34,39-41H,4-9H2,1-3H3,(H,29,43)(H,30,35)(H,31,42)(H,37,38)(H,44,45)(H,47,48)(H,49,50)(H,32,36,46)/p-4/t10-,11+,13+,14+,15+,18+,19+,20+,21+,22+,25+,27+/m0/s1. The molecule has 2 unspecified atom stereocenters. The Balaban J connectivity index is 1.69. The van der Waals surface area contributed by atoms with Gasteiger partial charge in [0.25, 0.3) is 15.6 Å². The van der Waals surface area contributed by atoms with Crippen LogP contribution in [-0.4, -0.2) is 160 Å². The van der Waals surface area contributed by atoms with Crippen molar-refractivity contribution in [1.29, 1.82) is 0 Å². The van der Waals surface area contributed by atoms with E-state index in [1.165, 1.54) is 0 Å². The lowest BCUT2D eigenvalue weighted by Crippen LogP contribution is -2.66. The number of urea groups is 1. The van der Waals surface area contributed by atoms with Crippen molar-refractivity contribution >= 4 is 57.2 Å². The Morgan fingerprint density at radius 2 is 1.62 bits per heavy atom. The number of aliphatic hydroxyl groups is 4. The number of ether oxygens (including phenoxy) is 3. The molecule has 0 aromatic rings. The first kappa shape index (κ1) is 48.6. The number of carboxylic acids is 2. The van der Waals surface area contributed by atoms with Gasteiger partial charge in [0.05, 0.1) is 25.2 Å². The molecule has 0 radical (unpaired) electrons. The molecule has 8 N–H and O–H groups in total. The number of hydrogen-bond donors (Lipinski definition) is 8. The molecule has 0 saturated carbocycles. The Labute approximate surface area is 327 Å². The minimum Gasteiger partial charge on any atom is -0.756 e. The molecule has 0 spiro atoms. The van der Waals surface area contributed by atoms with Crippen LogP contribution in [0.1, 0.15) is 40.0 Å². The summed E-state index contributed by atoms with van der Waals surface area (Å²) in [4.78, 5) is 109. The van der Waals surface area contributed by atoms with Gasteiger partial charge >= 0.3 is 6.03 Å². The van der Waals surface area contributed by atoms with Crippen molar-refractivity contribution in [3.8, 4) is 0 Å². The number of aliphatic carboxylic acids is 2. The van der Waals surface area contributed by atoms with Gasteiger partial charge in [0, 0.05) is 25.9 Å². The molecule has 3 fully saturated rings. The minimum absolute atomic E-state index is 0.196. The largest absolute Gasteiger partial charge is 0.756 e. The summed E-state index contributed by atoms with van der Waals surface area (Å²) in [6, 6.07) is -6.23. The summed E-state index contributed by atoms with van der Waals surface area (Å²) in [5.74, 6) is -7.29. The highest BCUT2D eigenvalue weighted by Crippen LogP contribution is 2.57. The highest BCUT2D eigenvalue weighted by Gasteiger charge is 2.51. The van der Waals surface area contributed by atoms with E-state index in [4.69, 9.17) is 18.7 Å². The normalized spacial score (nSPS) is 31.1. The molecule has 14 atom stereocenters. The third kappa shape index (κ3) is 13.4. The molecule has 0 aromatic carbocycles. The van der Waals surface area contributed by atoms with Crippen molar-refractivity contribution in [1.82, 2.24) is 26.2 Å². The van der Waals surface area contributed by atoms with Crippen molar-refractivity contribution in [2.45, 2.75) is 113 Å². The lowest BCUT2D eigenvalue weighted by atomic mass is 9.96. The summed E-state index contributed by atoms with van der Waals surface area (Å²) in [5, 5.41) is 71.6. The maximum atomic E-state index is 13.0. The second-order valence-corrected chi connectivity index (χ2v) is 15.8. The zero-order chi connectivity index (χ0) is 43.9. The fraction of sp³-hybridized carbons (Fsp3) is 0.750. The maximum absolute atomic E-state index is 13.0. The average molecular weight is 878 g/mol. The number of nitrogens with one attached hydrogen (secondary N) is 4.